The van der Waals surface area contributed by atoms with Gasteiger partial charge in [-0.15, -0.1) is 0 Å². The largest absolute Gasteiger partial charge is 0.417 e. The minimum absolute atomic E-state index is 0.177. The van der Waals surface area contributed by atoms with E-state index in [0.29, 0.717) is 0 Å². The number of nitrogens with zero attached hydrogens (tertiary/aromatic N) is 1. The van der Waals surface area contributed by atoms with Gasteiger partial charge in [-0.1, -0.05) is 19.1 Å². The van der Waals surface area contributed by atoms with Gasteiger partial charge in [-0.05, 0) is 12.1 Å². The standard InChI is InChI=1S/C12H16F3N3O2S/c1-8(11(16)17)7-18(2)21(19,20)10-6-4-3-5-9(10)12(13,14)15/h3-6,8H,7H2,1-2H3,(H3,16,17). The van der Waals surface area contributed by atoms with Gasteiger partial charge in [-0.2, -0.15) is 13.2 Å². The van der Waals surface area contributed by atoms with Crippen LogP contribution in [0.1, 0.15) is 12.5 Å². The molecule has 0 radical (unpaired) electrons. The third-order valence-corrected chi connectivity index (χ3v) is 4.82. The first-order valence-electron chi connectivity index (χ1n) is 5.94. The van der Waals surface area contributed by atoms with Gasteiger partial charge in [0.25, 0.3) is 0 Å². The Morgan fingerprint density at radius 1 is 1.38 bits per heavy atom. The third kappa shape index (κ3) is 3.94. The van der Waals surface area contributed by atoms with Gasteiger partial charge in [0.2, 0.25) is 10.0 Å². The van der Waals surface area contributed by atoms with E-state index in [1.165, 1.54) is 13.0 Å². The molecule has 1 aromatic rings. The zero-order valence-corrected chi connectivity index (χ0v) is 12.3. The van der Waals surface area contributed by atoms with Gasteiger partial charge >= 0.3 is 6.18 Å². The molecule has 1 atom stereocenters. The molecule has 0 aliphatic rings. The second-order valence-electron chi connectivity index (χ2n) is 4.64. The molecule has 0 aliphatic carbocycles. The van der Waals surface area contributed by atoms with Crippen molar-refractivity contribution in [1.29, 1.82) is 5.41 Å². The van der Waals surface area contributed by atoms with Crippen LogP contribution in [0, 0.1) is 11.3 Å². The molecular formula is C12H16F3N3O2S. The number of nitrogens with two attached hydrogens (primary N) is 1. The molecule has 0 spiro atoms. The van der Waals surface area contributed by atoms with Crippen molar-refractivity contribution in [3.8, 4) is 0 Å². The Balaban J connectivity index is 3.23. The van der Waals surface area contributed by atoms with Gasteiger partial charge in [0.1, 0.15) is 0 Å². The van der Waals surface area contributed by atoms with Gasteiger partial charge < -0.3 is 5.73 Å². The van der Waals surface area contributed by atoms with Crippen molar-refractivity contribution in [3.05, 3.63) is 29.8 Å². The minimum Gasteiger partial charge on any atom is -0.387 e. The molecule has 0 aromatic heterocycles. The van der Waals surface area contributed by atoms with Gasteiger partial charge in [-0.25, -0.2) is 12.7 Å². The summed E-state index contributed by atoms with van der Waals surface area (Å²) in [6.07, 6.45) is -4.77. The van der Waals surface area contributed by atoms with Crippen molar-refractivity contribution >= 4 is 15.9 Å². The van der Waals surface area contributed by atoms with Crippen LogP contribution < -0.4 is 5.73 Å². The van der Waals surface area contributed by atoms with E-state index in [1.807, 2.05) is 0 Å². The van der Waals surface area contributed by atoms with E-state index in [0.717, 1.165) is 29.6 Å². The summed E-state index contributed by atoms with van der Waals surface area (Å²) in [6.45, 7) is 1.34. The summed E-state index contributed by atoms with van der Waals surface area (Å²) in [5.74, 6) is -0.830. The zero-order chi connectivity index (χ0) is 16.4. The van der Waals surface area contributed by atoms with Crippen molar-refractivity contribution < 1.29 is 21.6 Å². The number of halogens is 3. The lowest BCUT2D eigenvalue weighted by Gasteiger charge is -2.22. The highest BCUT2D eigenvalue weighted by Crippen LogP contribution is 2.34. The van der Waals surface area contributed by atoms with Crippen LogP contribution in [0.15, 0.2) is 29.2 Å². The Morgan fingerprint density at radius 2 is 1.90 bits per heavy atom. The number of hydrogen-bond acceptors (Lipinski definition) is 3. The lowest BCUT2D eigenvalue weighted by Crippen LogP contribution is -2.36. The Bertz CT molecular complexity index is 629. The van der Waals surface area contributed by atoms with Gasteiger partial charge in [0.05, 0.1) is 16.3 Å². The van der Waals surface area contributed by atoms with Crippen molar-refractivity contribution in [2.24, 2.45) is 11.7 Å². The van der Waals surface area contributed by atoms with Crippen LogP contribution in [0.5, 0.6) is 0 Å². The average molecular weight is 323 g/mol. The summed E-state index contributed by atoms with van der Waals surface area (Å²) < 4.78 is 64.0. The summed E-state index contributed by atoms with van der Waals surface area (Å²) in [6, 6.07) is 3.98. The highest BCUT2D eigenvalue weighted by molar-refractivity contribution is 7.89. The zero-order valence-electron chi connectivity index (χ0n) is 11.5. The quantitative estimate of drug-likeness (QED) is 0.641. The maximum Gasteiger partial charge on any atom is 0.417 e. The fourth-order valence-corrected chi connectivity index (χ4v) is 3.14. The summed E-state index contributed by atoms with van der Waals surface area (Å²) in [5.41, 5.74) is 4.03. The molecule has 118 valence electrons. The molecule has 1 aromatic carbocycles. The molecule has 0 amide bonds. The number of rotatable bonds is 5. The maximum absolute atomic E-state index is 12.9. The van der Waals surface area contributed by atoms with Crippen LogP contribution >= 0.6 is 0 Å². The molecule has 0 fully saturated rings. The summed E-state index contributed by atoms with van der Waals surface area (Å²) >= 11 is 0. The van der Waals surface area contributed by atoms with E-state index < -0.39 is 32.6 Å². The third-order valence-electron chi connectivity index (χ3n) is 2.94. The molecule has 0 saturated heterocycles. The highest BCUT2D eigenvalue weighted by Gasteiger charge is 2.38. The van der Waals surface area contributed by atoms with Crippen molar-refractivity contribution in [2.45, 2.75) is 18.0 Å². The normalized spacial score (nSPS) is 14.2. The number of alkyl halides is 3. The Kier molecular flexibility index (Phi) is 5.00. The predicted molar refractivity (Wildman–Crippen MR) is 72.3 cm³/mol. The van der Waals surface area contributed by atoms with Gasteiger partial charge in [-0.3, -0.25) is 5.41 Å². The summed E-state index contributed by atoms with van der Waals surface area (Å²) in [4.78, 5) is -0.809. The van der Waals surface area contributed by atoms with Crippen LogP contribution in [-0.2, 0) is 16.2 Å². The molecule has 0 saturated carbocycles. The SMILES string of the molecule is CC(CN(C)S(=O)(=O)c1ccccc1C(F)(F)F)C(=N)N. The number of sulfonamides is 1. The number of benzene rings is 1. The monoisotopic (exact) mass is 323 g/mol. The molecule has 0 aliphatic heterocycles. The van der Waals surface area contributed by atoms with Crippen LogP contribution in [0.2, 0.25) is 0 Å². The fourth-order valence-electron chi connectivity index (χ4n) is 1.68. The van der Waals surface area contributed by atoms with Crippen molar-refractivity contribution in [1.82, 2.24) is 4.31 Å². The molecule has 1 unspecified atom stereocenters. The van der Waals surface area contributed by atoms with Crippen LogP contribution in [0.3, 0.4) is 0 Å². The maximum atomic E-state index is 12.9. The summed E-state index contributed by atoms with van der Waals surface area (Å²) in [5, 5.41) is 7.22. The molecule has 0 bridgehead atoms. The topological polar surface area (TPSA) is 87.2 Å². The number of nitrogens with one attached hydrogen (secondary N) is 1. The Morgan fingerprint density at radius 3 is 2.38 bits per heavy atom. The van der Waals surface area contributed by atoms with E-state index >= 15 is 0 Å². The van der Waals surface area contributed by atoms with E-state index in [9.17, 15) is 21.6 Å². The Hall–Kier alpha value is -1.61. The predicted octanol–water partition coefficient (Wildman–Crippen LogP) is 1.90. The molecule has 1 rings (SSSR count). The first-order valence-corrected chi connectivity index (χ1v) is 7.38. The van der Waals surface area contributed by atoms with Gasteiger partial charge in [0.15, 0.2) is 0 Å². The van der Waals surface area contributed by atoms with Crippen LogP contribution in [-0.4, -0.2) is 32.2 Å². The smallest absolute Gasteiger partial charge is 0.387 e. The Labute approximate surface area is 121 Å². The molecule has 9 heteroatoms. The highest BCUT2D eigenvalue weighted by atomic mass is 32.2. The minimum atomic E-state index is -4.77. The lowest BCUT2D eigenvalue weighted by atomic mass is 10.2. The van der Waals surface area contributed by atoms with Crippen molar-refractivity contribution in [3.63, 3.8) is 0 Å². The first-order chi connectivity index (χ1) is 9.48. The second kappa shape index (κ2) is 6.02. The van der Waals surface area contributed by atoms with Crippen LogP contribution in [0.4, 0.5) is 13.2 Å². The summed E-state index contributed by atoms with van der Waals surface area (Å²) in [7, 11) is -3.17. The average Bonchev–Trinajstić information content (AvgIpc) is 2.37. The second-order valence-corrected chi connectivity index (χ2v) is 6.65. The van der Waals surface area contributed by atoms with Crippen LogP contribution in [0.25, 0.3) is 0 Å². The molecular weight excluding hydrogens is 307 g/mol. The lowest BCUT2D eigenvalue weighted by molar-refractivity contribution is -0.139. The molecule has 3 N–H and O–H groups in total. The van der Waals surface area contributed by atoms with E-state index in [2.05, 4.69) is 0 Å². The van der Waals surface area contributed by atoms with E-state index in [1.54, 1.807) is 0 Å². The molecule has 21 heavy (non-hydrogen) atoms. The number of amidine groups is 1. The van der Waals surface area contributed by atoms with Gasteiger partial charge in [0, 0.05) is 19.5 Å². The molecule has 5 nitrogen and oxygen atoms in total. The first kappa shape index (κ1) is 17.4. The van der Waals surface area contributed by atoms with E-state index in [-0.39, 0.29) is 12.4 Å². The van der Waals surface area contributed by atoms with Crippen molar-refractivity contribution in [2.75, 3.05) is 13.6 Å². The molecule has 0 heterocycles. The van der Waals surface area contributed by atoms with E-state index in [4.69, 9.17) is 11.1 Å². The number of hydrogen-bond donors (Lipinski definition) is 2. The fraction of sp³-hybridized carbons (Fsp3) is 0.417.